The second kappa shape index (κ2) is 9.45. The third-order valence-corrected chi connectivity index (χ3v) is 1.51. The molecule has 1 rings (SSSR count). The van der Waals surface area contributed by atoms with E-state index >= 15 is 0 Å². The van der Waals surface area contributed by atoms with Crippen LogP contribution in [-0.2, 0) is 10.4 Å². The van der Waals surface area contributed by atoms with Gasteiger partial charge in [0.1, 0.15) is 5.84 Å². The second-order valence-electron chi connectivity index (χ2n) is 2.64. The van der Waals surface area contributed by atoms with Gasteiger partial charge >= 0.3 is 10.4 Å². The third kappa shape index (κ3) is 13.2. The molecule has 0 atom stereocenters. The Kier molecular flexibility index (Phi) is 12.2. The van der Waals surface area contributed by atoms with Crippen molar-refractivity contribution in [2.24, 2.45) is 4.99 Å². The normalized spacial score (nSPS) is 14.0. The highest BCUT2D eigenvalue weighted by atomic mass is 32.3. The highest BCUT2D eigenvalue weighted by Gasteiger charge is 2.09. The zero-order valence-corrected chi connectivity index (χ0v) is 10.0. The smallest absolute Gasteiger partial charge is 0.394 e. The average Bonchev–Trinajstić information content (AvgIpc) is 2.34. The van der Waals surface area contributed by atoms with Crippen LogP contribution in [0.25, 0.3) is 0 Å². The van der Waals surface area contributed by atoms with E-state index < -0.39 is 10.4 Å². The van der Waals surface area contributed by atoms with E-state index in [1.807, 2.05) is 7.05 Å². The number of amidine groups is 1. The van der Waals surface area contributed by atoms with Crippen molar-refractivity contribution in [2.45, 2.75) is 6.42 Å². The molecule has 100 valence electrons. The highest BCUT2D eigenvalue weighted by Crippen LogP contribution is 2.00. The second-order valence-corrected chi connectivity index (χ2v) is 3.54. The minimum absolute atomic E-state index is 0. The minimum atomic E-state index is -4.67. The summed E-state index contributed by atoms with van der Waals surface area (Å²) in [5, 5.41) is 8.54. The molecular formula is C6H20N4O5S. The molecule has 0 aromatic heterocycles. The molecule has 0 aromatic rings. The number of nitrogens with zero attached hydrogens (tertiary/aromatic N) is 2. The van der Waals surface area contributed by atoms with Gasteiger partial charge in [0, 0.05) is 20.0 Å². The fraction of sp³-hybridized carbons (Fsp3) is 0.833. The molecule has 0 radical (unpaired) electrons. The third-order valence-electron chi connectivity index (χ3n) is 1.51. The van der Waals surface area contributed by atoms with Crippen LogP contribution < -0.4 is 12.3 Å². The first-order valence-electron chi connectivity index (χ1n) is 3.90. The number of aliphatic hydroxyl groups excluding tert-OH is 1. The summed E-state index contributed by atoms with van der Waals surface area (Å²) in [6, 6.07) is 0. The molecule has 0 aromatic carbocycles. The summed E-state index contributed by atoms with van der Waals surface area (Å²) in [5.74, 6) is 1.04. The van der Waals surface area contributed by atoms with Gasteiger partial charge in [0.2, 0.25) is 0 Å². The van der Waals surface area contributed by atoms with E-state index in [4.69, 9.17) is 22.6 Å². The van der Waals surface area contributed by atoms with Crippen LogP contribution in [0, 0.1) is 0 Å². The summed E-state index contributed by atoms with van der Waals surface area (Å²) in [6.07, 6.45) is 0.705. The molecule has 0 fully saturated rings. The van der Waals surface area contributed by atoms with Crippen LogP contribution in [0.4, 0.5) is 0 Å². The maximum Gasteiger partial charge on any atom is 0.394 e. The highest BCUT2D eigenvalue weighted by molar-refractivity contribution is 7.79. The number of rotatable bonds is 2. The largest absolute Gasteiger partial charge is 0.396 e. The van der Waals surface area contributed by atoms with Gasteiger partial charge in [-0.1, -0.05) is 0 Å². The van der Waals surface area contributed by atoms with Crippen LogP contribution >= 0.6 is 0 Å². The van der Waals surface area contributed by atoms with E-state index in [1.54, 1.807) is 0 Å². The predicted molar refractivity (Wildman–Crippen MR) is 60.9 cm³/mol. The maximum atomic E-state index is 8.74. The molecular weight excluding hydrogens is 240 g/mol. The molecule has 9 N–H and O–H groups in total. The zero-order valence-electron chi connectivity index (χ0n) is 9.20. The number of likely N-dealkylation sites (N-methyl/N-ethyl adjacent to an activating group) is 1. The number of aliphatic hydroxyl groups is 1. The molecule has 0 unspecified atom stereocenters. The SMILES string of the molecule is CN1CCN=C1CCO.N.N.O=S(=O)(O)O. The van der Waals surface area contributed by atoms with Gasteiger partial charge in [-0.2, -0.15) is 8.42 Å². The first-order chi connectivity index (χ1) is 6.34. The maximum absolute atomic E-state index is 8.74. The first kappa shape index (κ1) is 20.6. The molecule has 16 heavy (non-hydrogen) atoms. The van der Waals surface area contributed by atoms with Crippen molar-refractivity contribution in [2.75, 3.05) is 26.7 Å². The van der Waals surface area contributed by atoms with Crippen LogP contribution in [0.3, 0.4) is 0 Å². The number of hydrogen-bond donors (Lipinski definition) is 5. The quantitative estimate of drug-likeness (QED) is 0.407. The summed E-state index contributed by atoms with van der Waals surface area (Å²) in [6.45, 7) is 2.12. The van der Waals surface area contributed by atoms with Gasteiger partial charge in [-0.15, -0.1) is 0 Å². The van der Waals surface area contributed by atoms with Crippen molar-refractivity contribution in [1.82, 2.24) is 17.2 Å². The Labute approximate surface area is 94.9 Å². The van der Waals surface area contributed by atoms with Gasteiger partial charge in [-0.25, -0.2) is 0 Å². The van der Waals surface area contributed by atoms with Gasteiger partial charge in [0.05, 0.1) is 13.2 Å². The van der Waals surface area contributed by atoms with Crippen molar-refractivity contribution < 1.29 is 22.6 Å². The summed E-state index contributed by atoms with van der Waals surface area (Å²) < 4.78 is 31.6. The van der Waals surface area contributed by atoms with Crippen LogP contribution in [0.15, 0.2) is 4.99 Å². The van der Waals surface area contributed by atoms with Crippen LogP contribution in [0.1, 0.15) is 6.42 Å². The predicted octanol–water partition coefficient (Wildman–Crippen LogP) is -0.616. The lowest BCUT2D eigenvalue weighted by Gasteiger charge is -2.11. The topological polar surface area (TPSA) is 180 Å². The molecule has 9 nitrogen and oxygen atoms in total. The van der Waals surface area contributed by atoms with Gasteiger partial charge < -0.3 is 22.3 Å². The van der Waals surface area contributed by atoms with E-state index in [0.717, 1.165) is 18.9 Å². The Morgan fingerprint density at radius 1 is 1.38 bits per heavy atom. The monoisotopic (exact) mass is 260 g/mol. The van der Waals surface area contributed by atoms with Gasteiger partial charge in [0.15, 0.2) is 0 Å². The molecule has 1 heterocycles. The average molecular weight is 260 g/mol. The summed E-state index contributed by atoms with van der Waals surface area (Å²) in [7, 11) is -2.67. The zero-order chi connectivity index (χ0) is 11.2. The lowest BCUT2D eigenvalue weighted by atomic mass is 10.4. The van der Waals surface area contributed by atoms with E-state index in [-0.39, 0.29) is 18.9 Å². The van der Waals surface area contributed by atoms with E-state index in [0.29, 0.717) is 6.42 Å². The lowest BCUT2D eigenvalue weighted by molar-refractivity contribution is 0.302. The standard InChI is InChI=1S/C6H12N2O.2H3N.H2O4S/c1-8-4-3-7-6(8)2-5-9;;;1-5(2,3)4/h9H,2-5H2,1H3;2*1H3;(H2,1,2,3,4). The molecule has 0 amide bonds. The van der Waals surface area contributed by atoms with Gasteiger partial charge in [-0.05, 0) is 0 Å². The molecule has 0 saturated heterocycles. The molecule has 0 aliphatic carbocycles. The van der Waals surface area contributed by atoms with Crippen molar-refractivity contribution in [3.05, 3.63) is 0 Å². The summed E-state index contributed by atoms with van der Waals surface area (Å²) >= 11 is 0. The summed E-state index contributed by atoms with van der Waals surface area (Å²) in [5.41, 5.74) is 0. The Bertz CT molecular complexity index is 283. The van der Waals surface area contributed by atoms with Gasteiger partial charge in [0.25, 0.3) is 0 Å². The van der Waals surface area contributed by atoms with Crippen LogP contribution in [-0.4, -0.2) is 60.1 Å². The molecule has 0 bridgehead atoms. The lowest BCUT2D eigenvalue weighted by Crippen LogP contribution is -2.23. The Balaban J connectivity index is -0.000000214. The molecule has 0 saturated carbocycles. The minimum Gasteiger partial charge on any atom is -0.396 e. The van der Waals surface area contributed by atoms with Crippen molar-refractivity contribution in [3.8, 4) is 0 Å². The fourth-order valence-electron chi connectivity index (χ4n) is 0.949. The molecule has 0 spiro atoms. The summed E-state index contributed by atoms with van der Waals surface area (Å²) in [4.78, 5) is 6.27. The van der Waals surface area contributed by atoms with E-state index in [1.165, 1.54) is 0 Å². The number of aliphatic imine (C=N–C) groups is 1. The molecule has 1 aliphatic heterocycles. The number of hydrogen-bond acceptors (Lipinski definition) is 7. The van der Waals surface area contributed by atoms with Crippen molar-refractivity contribution in [3.63, 3.8) is 0 Å². The van der Waals surface area contributed by atoms with Gasteiger partial charge in [-0.3, -0.25) is 14.1 Å². The van der Waals surface area contributed by atoms with Crippen LogP contribution in [0.5, 0.6) is 0 Å². The first-order valence-corrected chi connectivity index (χ1v) is 5.29. The van der Waals surface area contributed by atoms with E-state index in [9.17, 15) is 0 Å². The van der Waals surface area contributed by atoms with Crippen molar-refractivity contribution in [1.29, 1.82) is 0 Å². The Morgan fingerprint density at radius 2 is 1.81 bits per heavy atom. The van der Waals surface area contributed by atoms with Crippen molar-refractivity contribution >= 4 is 16.2 Å². The Morgan fingerprint density at radius 3 is 2.06 bits per heavy atom. The molecule has 10 heteroatoms. The van der Waals surface area contributed by atoms with Crippen LogP contribution in [0.2, 0.25) is 0 Å². The fourth-order valence-corrected chi connectivity index (χ4v) is 0.949. The Hall–Kier alpha value is -0.780. The molecule has 1 aliphatic rings. The van der Waals surface area contributed by atoms with E-state index in [2.05, 4.69) is 9.89 Å².